The minimum absolute atomic E-state index is 0. The fourth-order valence-electron chi connectivity index (χ4n) is 2.64. The van der Waals surface area contributed by atoms with Crippen molar-refractivity contribution < 1.29 is 5.11 Å². The zero-order chi connectivity index (χ0) is 12.5. The molecule has 1 aliphatic rings. The molecule has 0 amide bonds. The first kappa shape index (κ1) is 15.4. The maximum absolute atomic E-state index is 9.84. The highest BCUT2D eigenvalue weighted by atomic mass is 35.5. The summed E-state index contributed by atoms with van der Waals surface area (Å²) in [6, 6.07) is 10.6. The molecule has 0 unspecified atom stereocenters. The molecule has 1 heterocycles. The topological polar surface area (TPSA) is 49.5 Å². The second kappa shape index (κ2) is 6.02. The zero-order valence-corrected chi connectivity index (χ0v) is 11.9. The molecule has 2 rings (SSSR count). The molecule has 102 valence electrons. The Morgan fingerprint density at radius 2 is 1.89 bits per heavy atom. The summed E-state index contributed by atoms with van der Waals surface area (Å²) >= 11 is 0. The maximum atomic E-state index is 9.84. The van der Waals surface area contributed by atoms with Crippen LogP contribution in [0.5, 0.6) is 0 Å². The van der Waals surface area contributed by atoms with Crippen LogP contribution in [0.3, 0.4) is 0 Å². The van der Waals surface area contributed by atoms with E-state index < -0.39 is 5.60 Å². The highest BCUT2D eigenvalue weighted by molar-refractivity contribution is 5.85. The van der Waals surface area contributed by atoms with Gasteiger partial charge in [0.15, 0.2) is 0 Å². The summed E-state index contributed by atoms with van der Waals surface area (Å²) in [6.45, 7) is 6.17. The standard InChI is InChI=1S/C14H22N2O.ClH/c1-14(2,17)10-16-8-12(13(15)9-16)11-6-4-3-5-7-11;/h3-7,12-13,17H,8-10,15H2,1-2H3;1H/t12-,13+;/m0./s1. The second-order valence-corrected chi connectivity index (χ2v) is 5.69. The molecule has 0 spiro atoms. The summed E-state index contributed by atoms with van der Waals surface area (Å²) in [5.74, 6) is 0.388. The molecule has 3 nitrogen and oxygen atoms in total. The van der Waals surface area contributed by atoms with Crippen LogP contribution in [-0.2, 0) is 0 Å². The van der Waals surface area contributed by atoms with Crippen LogP contribution >= 0.6 is 12.4 Å². The largest absolute Gasteiger partial charge is 0.389 e. The number of β-amino-alcohol motifs (C(OH)–C–C–N with tert-alkyl or cyclic N) is 1. The van der Waals surface area contributed by atoms with Crippen molar-refractivity contribution in [3.05, 3.63) is 35.9 Å². The number of halogens is 1. The Hall–Kier alpha value is -0.610. The molecule has 1 saturated heterocycles. The van der Waals surface area contributed by atoms with E-state index in [1.54, 1.807) is 0 Å². The third-order valence-electron chi connectivity index (χ3n) is 3.28. The third-order valence-corrected chi connectivity index (χ3v) is 3.28. The molecule has 1 aliphatic heterocycles. The maximum Gasteiger partial charge on any atom is 0.0718 e. The molecule has 3 N–H and O–H groups in total. The van der Waals surface area contributed by atoms with Crippen molar-refractivity contribution in [2.24, 2.45) is 5.73 Å². The first-order valence-corrected chi connectivity index (χ1v) is 6.21. The molecule has 0 radical (unpaired) electrons. The summed E-state index contributed by atoms with van der Waals surface area (Å²) in [5.41, 5.74) is 6.85. The van der Waals surface area contributed by atoms with Crippen LogP contribution in [0.2, 0.25) is 0 Å². The van der Waals surface area contributed by atoms with E-state index in [0.717, 1.165) is 13.1 Å². The van der Waals surface area contributed by atoms with Crippen LogP contribution in [0.4, 0.5) is 0 Å². The molecule has 0 aliphatic carbocycles. The van der Waals surface area contributed by atoms with Gasteiger partial charge < -0.3 is 10.8 Å². The summed E-state index contributed by atoms with van der Waals surface area (Å²) in [6.07, 6.45) is 0. The van der Waals surface area contributed by atoms with Gasteiger partial charge in [-0.1, -0.05) is 30.3 Å². The number of benzene rings is 1. The Morgan fingerprint density at radius 3 is 2.44 bits per heavy atom. The van der Waals surface area contributed by atoms with Gasteiger partial charge in [0.2, 0.25) is 0 Å². The SMILES string of the molecule is CC(C)(O)CN1C[C@@H](N)[C@H](c2ccccc2)C1.Cl. The van der Waals surface area contributed by atoms with Crippen molar-refractivity contribution in [3.8, 4) is 0 Å². The molecule has 0 saturated carbocycles. The summed E-state index contributed by atoms with van der Waals surface area (Å²) in [5, 5.41) is 9.84. The van der Waals surface area contributed by atoms with Gasteiger partial charge in [-0.2, -0.15) is 0 Å². The van der Waals surface area contributed by atoms with Gasteiger partial charge >= 0.3 is 0 Å². The van der Waals surface area contributed by atoms with E-state index in [9.17, 15) is 5.11 Å². The van der Waals surface area contributed by atoms with Crippen molar-refractivity contribution in [1.82, 2.24) is 4.90 Å². The Morgan fingerprint density at radius 1 is 1.28 bits per heavy atom. The van der Waals surface area contributed by atoms with Gasteiger partial charge in [-0.15, -0.1) is 12.4 Å². The number of nitrogens with two attached hydrogens (primary N) is 1. The lowest BCUT2D eigenvalue weighted by molar-refractivity contribution is 0.0433. The lowest BCUT2D eigenvalue weighted by atomic mass is 9.95. The molecule has 4 heteroatoms. The van der Waals surface area contributed by atoms with Gasteiger partial charge in [-0.3, -0.25) is 4.90 Å². The number of hydrogen-bond donors (Lipinski definition) is 2. The summed E-state index contributed by atoms with van der Waals surface area (Å²) in [4.78, 5) is 2.25. The lowest BCUT2D eigenvalue weighted by Crippen LogP contribution is -2.38. The summed E-state index contributed by atoms with van der Waals surface area (Å²) in [7, 11) is 0. The predicted molar refractivity (Wildman–Crippen MR) is 77.1 cm³/mol. The quantitative estimate of drug-likeness (QED) is 0.877. The first-order valence-electron chi connectivity index (χ1n) is 6.21. The molecule has 1 aromatic carbocycles. The van der Waals surface area contributed by atoms with E-state index in [0.29, 0.717) is 12.5 Å². The minimum atomic E-state index is -0.648. The predicted octanol–water partition coefficient (Wildman–Crippen LogP) is 1.61. The summed E-state index contributed by atoms with van der Waals surface area (Å²) < 4.78 is 0. The second-order valence-electron chi connectivity index (χ2n) is 5.69. The Kier molecular flexibility index (Phi) is 5.17. The van der Waals surface area contributed by atoms with Crippen molar-refractivity contribution in [2.75, 3.05) is 19.6 Å². The van der Waals surface area contributed by atoms with E-state index in [2.05, 4.69) is 29.2 Å². The monoisotopic (exact) mass is 270 g/mol. The van der Waals surface area contributed by atoms with Crippen LogP contribution in [-0.4, -0.2) is 41.3 Å². The molecular formula is C14H23ClN2O. The highest BCUT2D eigenvalue weighted by Gasteiger charge is 2.33. The van der Waals surface area contributed by atoms with E-state index in [-0.39, 0.29) is 18.4 Å². The molecule has 0 aromatic heterocycles. The van der Waals surface area contributed by atoms with Crippen LogP contribution in [0.25, 0.3) is 0 Å². The van der Waals surface area contributed by atoms with Gasteiger partial charge in [0.25, 0.3) is 0 Å². The number of rotatable bonds is 3. The third kappa shape index (κ3) is 3.95. The van der Waals surface area contributed by atoms with E-state index in [4.69, 9.17) is 5.73 Å². The average molecular weight is 271 g/mol. The van der Waals surface area contributed by atoms with Gasteiger partial charge in [0, 0.05) is 31.6 Å². The first-order chi connectivity index (χ1) is 7.96. The Labute approximate surface area is 115 Å². The number of aliphatic hydroxyl groups is 1. The number of likely N-dealkylation sites (tertiary alicyclic amines) is 1. The van der Waals surface area contributed by atoms with E-state index in [1.807, 2.05) is 19.9 Å². The fraction of sp³-hybridized carbons (Fsp3) is 0.571. The smallest absolute Gasteiger partial charge is 0.0718 e. The number of hydrogen-bond acceptors (Lipinski definition) is 3. The average Bonchev–Trinajstić information content (AvgIpc) is 2.58. The zero-order valence-electron chi connectivity index (χ0n) is 11.0. The van der Waals surface area contributed by atoms with Crippen molar-refractivity contribution in [3.63, 3.8) is 0 Å². The van der Waals surface area contributed by atoms with E-state index in [1.165, 1.54) is 5.56 Å². The van der Waals surface area contributed by atoms with Crippen molar-refractivity contribution in [2.45, 2.75) is 31.4 Å². The minimum Gasteiger partial charge on any atom is -0.389 e. The van der Waals surface area contributed by atoms with Gasteiger partial charge in [0.1, 0.15) is 0 Å². The van der Waals surface area contributed by atoms with Crippen molar-refractivity contribution >= 4 is 12.4 Å². The lowest BCUT2D eigenvalue weighted by Gasteiger charge is -2.25. The van der Waals surface area contributed by atoms with Crippen molar-refractivity contribution in [1.29, 1.82) is 0 Å². The normalized spacial score (nSPS) is 24.9. The molecular weight excluding hydrogens is 248 g/mol. The van der Waals surface area contributed by atoms with Crippen LogP contribution < -0.4 is 5.73 Å². The van der Waals surface area contributed by atoms with Gasteiger partial charge in [-0.25, -0.2) is 0 Å². The molecule has 1 fully saturated rings. The van der Waals surface area contributed by atoms with Gasteiger partial charge in [0.05, 0.1) is 5.60 Å². The molecule has 2 atom stereocenters. The Bertz CT molecular complexity index is 364. The molecule has 0 bridgehead atoms. The Balaban J connectivity index is 0.00000162. The van der Waals surface area contributed by atoms with Crippen LogP contribution in [0.15, 0.2) is 30.3 Å². The molecule has 18 heavy (non-hydrogen) atoms. The van der Waals surface area contributed by atoms with Crippen LogP contribution in [0.1, 0.15) is 25.3 Å². The van der Waals surface area contributed by atoms with E-state index >= 15 is 0 Å². The van der Waals surface area contributed by atoms with Gasteiger partial charge in [-0.05, 0) is 19.4 Å². The highest BCUT2D eigenvalue weighted by Crippen LogP contribution is 2.27. The fourth-order valence-corrected chi connectivity index (χ4v) is 2.64. The molecule has 1 aromatic rings. The van der Waals surface area contributed by atoms with Crippen LogP contribution in [0, 0.1) is 0 Å². The number of nitrogens with zero attached hydrogens (tertiary/aromatic N) is 1.